The summed E-state index contributed by atoms with van der Waals surface area (Å²) in [5.41, 5.74) is 1.54. The molecule has 0 aliphatic carbocycles. The van der Waals surface area contributed by atoms with Crippen LogP contribution in [0.1, 0.15) is 52.0 Å². The maximum Gasteiger partial charge on any atom is 0.343 e. The van der Waals surface area contributed by atoms with Crippen LogP contribution in [0.2, 0.25) is 5.02 Å². The van der Waals surface area contributed by atoms with Crippen molar-refractivity contribution in [3.05, 3.63) is 119 Å². The number of nitrogens with zero attached hydrogens (tertiary/aromatic N) is 1. The molecule has 4 aromatic rings. The Morgan fingerprint density at radius 1 is 0.725 bits per heavy atom. The van der Waals surface area contributed by atoms with Gasteiger partial charge in [0.2, 0.25) is 0 Å². The molecule has 0 atom stereocenters. The van der Waals surface area contributed by atoms with Crippen molar-refractivity contribution in [3.8, 4) is 28.7 Å². The number of hydrogen-bond acceptors (Lipinski definition) is 11. The monoisotopic (exact) mass is 715 g/mol. The van der Waals surface area contributed by atoms with Gasteiger partial charge in [0, 0.05) is 38.1 Å². The van der Waals surface area contributed by atoms with Crippen LogP contribution >= 0.6 is 11.6 Å². The van der Waals surface area contributed by atoms with Crippen LogP contribution in [0.4, 0.5) is 5.69 Å². The molecule has 0 unspecified atom stereocenters. The summed E-state index contributed by atoms with van der Waals surface area (Å²) in [5, 5.41) is 10.7. The molecule has 0 amide bonds. The van der Waals surface area contributed by atoms with Crippen molar-refractivity contribution in [2.75, 3.05) is 33.5 Å². The molecule has 0 bridgehead atoms. The van der Waals surface area contributed by atoms with Gasteiger partial charge in [0.15, 0.2) is 11.5 Å². The highest BCUT2D eigenvalue weighted by atomic mass is 35.5. The van der Waals surface area contributed by atoms with Crippen molar-refractivity contribution in [3.63, 3.8) is 0 Å². The fraction of sp³-hybridized carbons (Fsp3) is 0.231. The van der Waals surface area contributed by atoms with Crippen molar-refractivity contribution in [2.24, 2.45) is 4.99 Å². The van der Waals surface area contributed by atoms with Gasteiger partial charge in [-0.3, -0.25) is 4.99 Å². The standard InChI is InChI=1S/C39H38ClNO10/c1-3-37(43)49-23-7-6-22-48-30-16-10-28(11-17-30)38(44)50-32-14-8-27(9-15-32)26-41-34-25-35(42)36(24-33(34)40)51-39(45)29-12-18-31(19-13-29)47-21-5-4-20-46-2/h3,8-19,24-26,42H,1,4-7,20-23H2,2H3. The van der Waals surface area contributed by atoms with E-state index in [4.69, 9.17) is 40.0 Å². The smallest absolute Gasteiger partial charge is 0.343 e. The van der Waals surface area contributed by atoms with Crippen molar-refractivity contribution < 1.29 is 47.9 Å². The summed E-state index contributed by atoms with van der Waals surface area (Å²) in [5.74, 6) is -0.547. The predicted octanol–water partition coefficient (Wildman–Crippen LogP) is 7.93. The highest BCUT2D eigenvalue weighted by Crippen LogP contribution is 2.37. The average molecular weight is 716 g/mol. The summed E-state index contributed by atoms with van der Waals surface area (Å²) in [6.07, 6.45) is 5.72. The normalized spacial score (nSPS) is 10.8. The Hall–Kier alpha value is -5.65. The number of carbonyl (C=O) groups is 3. The molecule has 12 heteroatoms. The van der Waals surface area contributed by atoms with Gasteiger partial charge in [-0.05, 0) is 104 Å². The Balaban J connectivity index is 1.24. The molecule has 266 valence electrons. The molecule has 0 saturated carbocycles. The number of aromatic hydroxyl groups is 1. The van der Waals surface area contributed by atoms with Crippen LogP contribution < -0.4 is 18.9 Å². The van der Waals surface area contributed by atoms with Crippen LogP contribution in [0.5, 0.6) is 28.7 Å². The Kier molecular flexibility index (Phi) is 15.1. The SMILES string of the molecule is C=CC(=O)OCCCCOc1ccc(C(=O)Oc2ccc(C=Nc3cc(O)c(OC(=O)c4ccc(OCCCCOC)cc4)cc3Cl)cc2)cc1. The van der Waals surface area contributed by atoms with E-state index in [2.05, 4.69) is 11.6 Å². The molecule has 0 heterocycles. The van der Waals surface area contributed by atoms with E-state index in [9.17, 15) is 19.5 Å². The molecule has 0 saturated heterocycles. The Labute approximate surface area is 301 Å². The average Bonchev–Trinajstić information content (AvgIpc) is 3.14. The lowest BCUT2D eigenvalue weighted by molar-refractivity contribution is -0.137. The number of unbranched alkanes of at least 4 members (excludes halogenated alkanes) is 2. The third-order valence-electron chi connectivity index (χ3n) is 7.08. The molecule has 0 fully saturated rings. The summed E-state index contributed by atoms with van der Waals surface area (Å²) in [7, 11) is 1.65. The minimum Gasteiger partial charge on any atom is -0.504 e. The van der Waals surface area contributed by atoms with Crippen LogP contribution in [0, 0.1) is 0 Å². The summed E-state index contributed by atoms with van der Waals surface area (Å²) in [4.78, 5) is 40.7. The molecule has 0 spiro atoms. The predicted molar refractivity (Wildman–Crippen MR) is 192 cm³/mol. The third-order valence-corrected chi connectivity index (χ3v) is 7.39. The second-order valence-corrected chi connectivity index (χ2v) is 11.3. The molecule has 0 aliphatic rings. The first kappa shape index (κ1) is 38.2. The lowest BCUT2D eigenvalue weighted by atomic mass is 10.2. The van der Waals surface area contributed by atoms with E-state index >= 15 is 0 Å². The zero-order chi connectivity index (χ0) is 36.4. The minimum atomic E-state index is -0.676. The lowest BCUT2D eigenvalue weighted by Crippen LogP contribution is -2.08. The molecule has 0 aliphatic heterocycles. The zero-order valence-electron chi connectivity index (χ0n) is 28.0. The first-order valence-corrected chi connectivity index (χ1v) is 16.5. The number of methoxy groups -OCH3 is 1. The summed E-state index contributed by atoms with van der Waals surface area (Å²) in [6, 6.07) is 22.3. The number of hydrogen-bond donors (Lipinski definition) is 1. The number of phenols is 1. The lowest BCUT2D eigenvalue weighted by Gasteiger charge is -2.10. The topological polar surface area (TPSA) is 139 Å². The van der Waals surface area contributed by atoms with Crippen LogP contribution in [0.3, 0.4) is 0 Å². The van der Waals surface area contributed by atoms with Crippen molar-refractivity contribution in [1.29, 1.82) is 0 Å². The fourth-order valence-corrected chi connectivity index (χ4v) is 4.55. The molecular weight excluding hydrogens is 678 g/mol. The van der Waals surface area contributed by atoms with E-state index in [1.807, 2.05) is 0 Å². The fourth-order valence-electron chi connectivity index (χ4n) is 4.34. The largest absolute Gasteiger partial charge is 0.504 e. The van der Waals surface area contributed by atoms with Crippen molar-refractivity contribution in [1.82, 2.24) is 0 Å². The summed E-state index contributed by atoms with van der Waals surface area (Å²) >= 11 is 6.38. The molecule has 4 rings (SSSR count). The number of halogens is 1. The van der Waals surface area contributed by atoms with Gasteiger partial charge in [0.25, 0.3) is 0 Å². The van der Waals surface area contributed by atoms with Crippen LogP contribution in [0.15, 0.2) is 103 Å². The number of phenolic OH excluding ortho intramolecular Hbond substituents is 1. The van der Waals surface area contributed by atoms with Crippen molar-refractivity contribution >= 4 is 41.4 Å². The maximum absolute atomic E-state index is 12.7. The zero-order valence-corrected chi connectivity index (χ0v) is 28.8. The van der Waals surface area contributed by atoms with Gasteiger partial charge in [-0.15, -0.1) is 0 Å². The van der Waals surface area contributed by atoms with Crippen LogP contribution in [0.25, 0.3) is 0 Å². The molecule has 0 aromatic heterocycles. The van der Waals surface area contributed by atoms with Gasteiger partial charge in [0.1, 0.15) is 17.2 Å². The first-order valence-electron chi connectivity index (χ1n) is 16.1. The number of carbonyl (C=O) groups excluding carboxylic acids is 3. The van der Waals surface area contributed by atoms with E-state index in [1.165, 1.54) is 18.3 Å². The minimum absolute atomic E-state index is 0.114. The highest BCUT2D eigenvalue weighted by Gasteiger charge is 2.15. The number of esters is 3. The third kappa shape index (κ3) is 12.6. The number of aliphatic imine (C=N–C) groups is 1. The van der Waals surface area contributed by atoms with E-state index < -0.39 is 17.9 Å². The number of rotatable bonds is 19. The van der Waals surface area contributed by atoms with Gasteiger partial charge in [0.05, 0.1) is 41.7 Å². The Bertz CT molecular complexity index is 1790. The van der Waals surface area contributed by atoms with Gasteiger partial charge in [-0.2, -0.15) is 0 Å². The van der Waals surface area contributed by atoms with E-state index in [0.717, 1.165) is 18.9 Å². The molecule has 51 heavy (non-hydrogen) atoms. The van der Waals surface area contributed by atoms with Gasteiger partial charge in [-0.1, -0.05) is 18.2 Å². The molecular formula is C39H38ClNO10. The van der Waals surface area contributed by atoms with Gasteiger partial charge in [-0.25, -0.2) is 14.4 Å². The van der Waals surface area contributed by atoms with E-state index in [1.54, 1.807) is 79.9 Å². The second kappa shape index (κ2) is 20.1. The maximum atomic E-state index is 12.7. The van der Waals surface area contributed by atoms with Crippen molar-refractivity contribution in [2.45, 2.75) is 25.7 Å². The van der Waals surface area contributed by atoms with Gasteiger partial charge < -0.3 is 33.5 Å². The van der Waals surface area contributed by atoms with Crippen LogP contribution in [-0.2, 0) is 14.3 Å². The first-order chi connectivity index (χ1) is 24.7. The molecule has 0 radical (unpaired) electrons. The van der Waals surface area contributed by atoms with Crippen LogP contribution in [-0.4, -0.2) is 62.8 Å². The summed E-state index contributed by atoms with van der Waals surface area (Å²) in [6.45, 7) is 5.28. The van der Waals surface area contributed by atoms with Gasteiger partial charge >= 0.3 is 17.9 Å². The Morgan fingerprint density at radius 2 is 1.25 bits per heavy atom. The number of ether oxygens (including phenoxy) is 6. The quantitative estimate of drug-likeness (QED) is 0.0335. The molecule has 11 nitrogen and oxygen atoms in total. The van der Waals surface area contributed by atoms with E-state index in [0.29, 0.717) is 67.6 Å². The molecule has 4 aromatic carbocycles. The second-order valence-electron chi connectivity index (χ2n) is 10.9. The highest BCUT2D eigenvalue weighted by molar-refractivity contribution is 6.33. The van der Waals surface area contributed by atoms with E-state index in [-0.39, 0.29) is 27.8 Å². The molecule has 1 N–H and O–H groups in total. The summed E-state index contributed by atoms with van der Waals surface area (Å²) < 4.78 is 32.1. The Morgan fingerprint density at radius 3 is 1.82 bits per heavy atom. The number of benzene rings is 4.